The molecular formula is C14H13F4N3. The Kier molecular flexibility index (Phi) is 4.11. The summed E-state index contributed by atoms with van der Waals surface area (Å²) in [5.41, 5.74) is 0.970. The molecule has 0 unspecified atom stereocenters. The molecule has 7 heteroatoms. The summed E-state index contributed by atoms with van der Waals surface area (Å²) in [5.74, 6) is -1.73. The van der Waals surface area contributed by atoms with Crippen molar-refractivity contribution in [3.63, 3.8) is 0 Å². The largest absolute Gasteiger partial charge is 0.451 e. The van der Waals surface area contributed by atoms with Gasteiger partial charge in [-0.2, -0.15) is 13.2 Å². The number of hydrogen-bond acceptors (Lipinski definition) is 3. The van der Waals surface area contributed by atoms with Gasteiger partial charge in [-0.05, 0) is 31.5 Å². The molecule has 0 saturated heterocycles. The van der Waals surface area contributed by atoms with Gasteiger partial charge in [-0.25, -0.2) is 14.4 Å². The van der Waals surface area contributed by atoms with Crippen LogP contribution in [-0.2, 0) is 6.18 Å². The second kappa shape index (κ2) is 5.67. The summed E-state index contributed by atoms with van der Waals surface area (Å²) in [7, 11) is 0. The first kappa shape index (κ1) is 15.2. The zero-order chi connectivity index (χ0) is 15.6. The van der Waals surface area contributed by atoms with Gasteiger partial charge in [-0.3, -0.25) is 0 Å². The second-order valence-corrected chi connectivity index (χ2v) is 4.45. The molecule has 3 nitrogen and oxygen atoms in total. The predicted octanol–water partition coefficient (Wildman–Crippen LogP) is 4.04. The fourth-order valence-corrected chi connectivity index (χ4v) is 1.85. The van der Waals surface area contributed by atoms with Gasteiger partial charge in [0.25, 0.3) is 0 Å². The molecule has 0 atom stereocenters. The molecule has 1 N–H and O–H groups in total. The number of hydrogen-bond donors (Lipinski definition) is 1. The van der Waals surface area contributed by atoms with Crippen LogP contribution in [0.25, 0.3) is 11.3 Å². The van der Waals surface area contributed by atoms with Crippen LogP contribution in [0.2, 0.25) is 0 Å². The molecule has 0 saturated carbocycles. The third kappa shape index (κ3) is 3.48. The molecule has 0 bridgehead atoms. The molecule has 1 aromatic carbocycles. The van der Waals surface area contributed by atoms with Crippen molar-refractivity contribution >= 4 is 5.82 Å². The van der Waals surface area contributed by atoms with Crippen LogP contribution < -0.4 is 5.32 Å². The van der Waals surface area contributed by atoms with Gasteiger partial charge in [0.2, 0.25) is 5.82 Å². The summed E-state index contributed by atoms with van der Waals surface area (Å²) >= 11 is 0. The highest BCUT2D eigenvalue weighted by atomic mass is 19.4. The molecule has 0 aliphatic heterocycles. The fraction of sp³-hybridized carbons (Fsp3) is 0.286. The highest BCUT2D eigenvalue weighted by Crippen LogP contribution is 2.31. The summed E-state index contributed by atoms with van der Waals surface area (Å²) in [6.45, 7) is 3.83. The van der Waals surface area contributed by atoms with E-state index < -0.39 is 17.8 Å². The average Bonchev–Trinajstić information content (AvgIpc) is 2.40. The maximum absolute atomic E-state index is 13.3. The van der Waals surface area contributed by atoms with E-state index in [-0.39, 0.29) is 11.5 Å². The molecule has 0 spiro atoms. The lowest BCUT2D eigenvalue weighted by atomic mass is 10.1. The molecule has 1 aromatic heterocycles. The molecule has 0 aliphatic rings. The van der Waals surface area contributed by atoms with Gasteiger partial charge in [0.05, 0.1) is 5.69 Å². The lowest BCUT2D eigenvalue weighted by molar-refractivity contribution is -0.144. The van der Waals surface area contributed by atoms with Gasteiger partial charge >= 0.3 is 6.18 Å². The van der Waals surface area contributed by atoms with Crippen LogP contribution in [0.15, 0.2) is 24.3 Å². The summed E-state index contributed by atoms with van der Waals surface area (Å²) < 4.78 is 51.9. The first-order chi connectivity index (χ1) is 9.81. The van der Waals surface area contributed by atoms with Crippen LogP contribution in [0.3, 0.4) is 0 Å². The number of halogens is 4. The fourth-order valence-electron chi connectivity index (χ4n) is 1.85. The van der Waals surface area contributed by atoms with Gasteiger partial charge in [0.1, 0.15) is 11.6 Å². The number of aromatic nitrogens is 2. The second-order valence-electron chi connectivity index (χ2n) is 4.45. The minimum absolute atomic E-state index is 0.0327. The third-order valence-electron chi connectivity index (χ3n) is 2.81. The number of benzene rings is 1. The van der Waals surface area contributed by atoms with Crippen LogP contribution in [0.5, 0.6) is 0 Å². The van der Waals surface area contributed by atoms with Gasteiger partial charge in [0.15, 0.2) is 0 Å². The Hall–Kier alpha value is -2.18. The number of nitrogens with one attached hydrogen (secondary N) is 1. The SMILES string of the molecule is CCNc1cc(-c2cc(F)ccc2C)nc(C(F)(F)F)n1. The number of aryl methyl sites for hydroxylation is 1. The summed E-state index contributed by atoms with van der Waals surface area (Å²) in [4.78, 5) is 6.95. The van der Waals surface area contributed by atoms with Gasteiger partial charge in [0, 0.05) is 18.2 Å². The lowest BCUT2D eigenvalue weighted by Crippen LogP contribution is -2.14. The van der Waals surface area contributed by atoms with Crippen LogP contribution in [0.4, 0.5) is 23.4 Å². The van der Waals surface area contributed by atoms with Crippen molar-refractivity contribution < 1.29 is 17.6 Å². The van der Waals surface area contributed by atoms with Crippen molar-refractivity contribution in [2.75, 3.05) is 11.9 Å². The maximum Gasteiger partial charge on any atom is 0.451 e. The molecular weight excluding hydrogens is 286 g/mol. The quantitative estimate of drug-likeness (QED) is 0.869. The summed E-state index contributed by atoms with van der Waals surface area (Å²) in [6, 6.07) is 5.27. The molecule has 0 fully saturated rings. The topological polar surface area (TPSA) is 37.8 Å². The number of rotatable bonds is 3. The van der Waals surface area contributed by atoms with E-state index in [0.717, 1.165) is 6.07 Å². The molecule has 0 amide bonds. The highest BCUT2D eigenvalue weighted by molar-refractivity contribution is 5.66. The van der Waals surface area contributed by atoms with Crippen molar-refractivity contribution in [1.82, 2.24) is 9.97 Å². The summed E-state index contributed by atoms with van der Waals surface area (Å²) in [5, 5.41) is 2.72. The molecule has 1 heterocycles. The molecule has 112 valence electrons. The van der Waals surface area contributed by atoms with Crippen LogP contribution in [-0.4, -0.2) is 16.5 Å². The van der Waals surface area contributed by atoms with Gasteiger partial charge in [-0.1, -0.05) is 6.07 Å². The van der Waals surface area contributed by atoms with Gasteiger partial charge < -0.3 is 5.32 Å². The maximum atomic E-state index is 13.3. The molecule has 0 aliphatic carbocycles. The average molecular weight is 299 g/mol. The third-order valence-corrected chi connectivity index (χ3v) is 2.81. The van der Waals surface area contributed by atoms with Crippen molar-refractivity contribution in [3.05, 3.63) is 41.5 Å². The van der Waals surface area contributed by atoms with Crippen LogP contribution >= 0.6 is 0 Å². The van der Waals surface area contributed by atoms with Crippen molar-refractivity contribution in [2.45, 2.75) is 20.0 Å². The van der Waals surface area contributed by atoms with E-state index in [2.05, 4.69) is 15.3 Å². The van der Waals surface area contributed by atoms with Crippen LogP contribution in [0, 0.1) is 12.7 Å². The van der Waals surface area contributed by atoms with E-state index in [0.29, 0.717) is 17.7 Å². The number of anilines is 1. The van der Waals surface area contributed by atoms with Crippen molar-refractivity contribution in [3.8, 4) is 11.3 Å². The Morgan fingerprint density at radius 1 is 1.14 bits per heavy atom. The smallest absolute Gasteiger partial charge is 0.370 e. The molecule has 21 heavy (non-hydrogen) atoms. The van der Waals surface area contributed by atoms with Crippen molar-refractivity contribution in [2.24, 2.45) is 0 Å². The molecule has 2 aromatic rings. The minimum atomic E-state index is -4.67. The van der Waals surface area contributed by atoms with E-state index in [1.54, 1.807) is 13.8 Å². The first-order valence-electron chi connectivity index (χ1n) is 6.28. The standard InChI is InChI=1S/C14H13F4N3/c1-3-19-12-7-11(20-13(21-12)14(16,17)18)10-6-9(15)5-4-8(10)2/h4-7H,3H2,1-2H3,(H,19,20,21). The Labute approximate surface area is 119 Å². The summed E-state index contributed by atoms with van der Waals surface area (Å²) in [6.07, 6.45) is -4.67. The molecule has 0 radical (unpaired) electrons. The Morgan fingerprint density at radius 3 is 2.48 bits per heavy atom. The lowest BCUT2D eigenvalue weighted by Gasteiger charge is -2.12. The molecule has 2 rings (SSSR count). The number of nitrogens with zero attached hydrogens (tertiary/aromatic N) is 2. The van der Waals surface area contributed by atoms with E-state index in [1.807, 2.05) is 0 Å². The zero-order valence-electron chi connectivity index (χ0n) is 11.4. The van der Waals surface area contributed by atoms with Crippen molar-refractivity contribution in [1.29, 1.82) is 0 Å². The first-order valence-corrected chi connectivity index (χ1v) is 6.28. The highest BCUT2D eigenvalue weighted by Gasteiger charge is 2.35. The minimum Gasteiger partial charge on any atom is -0.370 e. The predicted molar refractivity (Wildman–Crippen MR) is 71.3 cm³/mol. The van der Waals surface area contributed by atoms with Gasteiger partial charge in [-0.15, -0.1) is 0 Å². The zero-order valence-corrected chi connectivity index (χ0v) is 11.4. The van der Waals surface area contributed by atoms with E-state index >= 15 is 0 Å². The normalized spacial score (nSPS) is 11.5. The Balaban J connectivity index is 2.62. The van der Waals surface area contributed by atoms with E-state index in [4.69, 9.17) is 0 Å². The Bertz CT molecular complexity index is 653. The monoisotopic (exact) mass is 299 g/mol. The Morgan fingerprint density at radius 2 is 1.86 bits per heavy atom. The van der Waals surface area contributed by atoms with E-state index in [9.17, 15) is 17.6 Å². The van der Waals surface area contributed by atoms with E-state index in [1.165, 1.54) is 18.2 Å². The number of alkyl halides is 3. The van der Waals surface area contributed by atoms with Crippen LogP contribution in [0.1, 0.15) is 18.3 Å².